The van der Waals surface area contributed by atoms with Gasteiger partial charge in [-0.05, 0) is 41.5 Å². The first kappa shape index (κ1) is 13.5. The molecule has 2 heterocycles. The van der Waals surface area contributed by atoms with Crippen LogP contribution in [0.15, 0.2) is 30.2 Å². The molecule has 1 amide bonds. The summed E-state index contributed by atoms with van der Waals surface area (Å²) in [5, 5.41) is 4.82. The van der Waals surface area contributed by atoms with Crippen LogP contribution in [0.3, 0.4) is 0 Å². The number of halogens is 1. The van der Waals surface area contributed by atoms with Gasteiger partial charge in [0.05, 0.1) is 14.8 Å². The molecule has 0 unspecified atom stereocenters. The van der Waals surface area contributed by atoms with Gasteiger partial charge in [-0.2, -0.15) is 0 Å². The molecule has 0 spiro atoms. The Morgan fingerprint density at radius 2 is 2.39 bits per heavy atom. The lowest BCUT2D eigenvalue weighted by atomic mass is 10.3. The molecule has 0 aliphatic carbocycles. The second-order valence-electron chi connectivity index (χ2n) is 3.90. The number of rotatable bonds is 6. The van der Waals surface area contributed by atoms with Gasteiger partial charge in [0.25, 0.3) is 5.91 Å². The predicted molar refractivity (Wildman–Crippen MR) is 80.8 cm³/mol. The molecule has 0 aliphatic rings. The molecule has 2 rings (SSSR count). The summed E-state index contributed by atoms with van der Waals surface area (Å²) >= 11 is 3.81. The van der Waals surface area contributed by atoms with Crippen LogP contribution in [0.1, 0.15) is 23.2 Å². The van der Waals surface area contributed by atoms with Gasteiger partial charge in [-0.1, -0.05) is 0 Å². The predicted octanol–water partition coefficient (Wildman–Crippen LogP) is 2.76. The summed E-state index contributed by atoms with van der Waals surface area (Å²) in [4.78, 5) is 15.7. The van der Waals surface area contributed by atoms with Gasteiger partial charge < -0.3 is 9.88 Å². The smallest absolute Gasteiger partial charge is 0.252 e. The van der Waals surface area contributed by atoms with Crippen LogP contribution >= 0.6 is 33.9 Å². The highest BCUT2D eigenvalue weighted by Crippen LogP contribution is 2.16. The lowest BCUT2D eigenvalue weighted by molar-refractivity contribution is 0.0953. The topological polar surface area (TPSA) is 46.9 Å². The third kappa shape index (κ3) is 4.09. The normalized spacial score (nSPS) is 10.5. The number of hydrogen-bond acceptors (Lipinski definition) is 3. The number of aryl methyl sites for hydroxylation is 1. The minimum Gasteiger partial charge on any atom is -0.352 e. The van der Waals surface area contributed by atoms with Gasteiger partial charge in [0.1, 0.15) is 0 Å². The van der Waals surface area contributed by atoms with E-state index in [9.17, 15) is 4.79 Å². The number of nitrogens with one attached hydrogen (secondary N) is 1. The number of unbranched alkanes of at least 4 members (excludes halogenated alkanes) is 1. The number of carbonyl (C=O) groups excluding carboxylic acids is 1. The van der Waals surface area contributed by atoms with Crippen molar-refractivity contribution < 1.29 is 4.79 Å². The Hall–Kier alpha value is -0.890. The van der Waals surface area contributed by atoms with Gasteiger partial charge in [0.2, 0.25) is 0 Å². The van der Waals surface area contributed by atoms with Crippen LogP contribution in [0.25, 0.3) is 0 Å². The quantitative estimate of drug-likeness (QED) is 0.624. The van der Waals surface area contributed by atoms with Crippen LogP contribution in [0.4, 0.5) is 0 Å². The van der Waals surface area contributed by atoms with Crippen molar-refractivity contribution in [1.82, 2.24) is 14.9 Å². The lowest BCUT2D eigenvalue weighted by Gasteiger charge is -2.04. The number of thiophene rings is 1. The van der Waals surface area contributed by atoms with Crippen molar-refractivity contribution in [3.63, 3.8) is 0 Å². The van der Waals surface area contributed by atoms with E-state index in [0.29, 0.717) is 0 Å². The van der Waals surface area contributed by atoms with Gasteiger partial charge in [-0.25, -0.2) is 4.98 Å². The average Bonchev–Trinajstić information content (AvgIpc) is 2.99. The zero-order chi connectivity index (χ0) is 12.8. The Bertz CT molecular complexity index is 495. The second-order valence-corrected chi connectivity index (χ2v) is 6.71. The minimum absolute atomic E-state index is 0.0248. The van der Waals surface area contributed by atoms with E-state index in [4.69, 9.17) is 0 Å². The van der Waals surface area contributed by atoms with Crippen LogP contribution in [-0.2, 0) is 6.54 Å². The molecule has 0 aliphatic heterocycles. The van der Waals surface area contributed by atoms with Crippen molar-refractivity contribution >= 4 is 39.8 Å². The first-order valence-corrected chi connectivity index (χ1v) is 7.69. The van der Waals surface area contributed by atoms with Gasteiger partial charge in [-0.3, -0.25) is 4.79 Å². The molecule has 0 atom stereocenters. The summed E-state index contributed by atoms with van der Waals surface area (Å²) in [7, 11) is 0. The number of aromatic nitrogens is 2. The fraction of sp³-hybridized carbons (Fsp3) is 0.333. The van der Waals surface area contributed by atoms with Crippen molar-refractivity contribution in [3.05, 3.63) is 38.6 Å². The molecule has 2 aromatic heterocycles. The van der Waals surface area contributed by atoms with Crippen molar-refractivity contribution in [3.8, 4) is 0 Å². The van der Waals surface area contributed by atoms with Crippen LogP contribution < -0.4 is 5.32 Å². The van der Waals surface area contributed by atoms with Crippen molar-refractivity contribution in [2.75, 3.05) is 6.54 Å². The summed E-state index contributed by atoms with van der Waals surface area (Å²) in [5.41, 5.74) is 0.763. The van der Waals surface area contributed by atoms with Crippen LogP contribution in [0.5, 0.6) is 0 Å². The lowest BCUT2D eigenvalue weighted by Crippen LogP contribution is -2.24. The SMILES string of the molecule is O=C(NCCCCn1ccnc1)c1csc(I)c1. The van der Waals surface area contributed by atoms with Crippen molar-refractivity contribution in [1.29, 1.82) is 0 Å². The zero-order valence-corrected chi connectivity index (χ0v) is 12.8. The van der Waals surface area contributed by atoms with Gasteiger partial charge >= 0.3 is 0 Å². The third-order valence-electron chi connectivity index (χ3n) is 2.52. The number of imidazole rings is 1. The van der Waals surface area contributed by atoms with E-state index >= 15 is 0 Å². The molecular formula is C12H14IN3OS. The summed E-state index contributed by atoms with van der Waals surface area (Å²) in [5.74, 6) is 0.0248. The molecule has 18 heavy (non-hydrogen) atoms. The Morgan fingerprint density at radius 3 is 3.06 bits per heavy atom. The summed E-state index contributed by atoms with van der Waals surface area (Å²) in [6.07, 6.45) is 7.56. The number of hydrogen-bond donors (Lipinski definition) is 1. The molecule has 6 heteroatoms. The molecule has 0 radical (unpaired) electrons. The van der Waals surface area contributed by atoms with E-state index in [1.54, 1.807) is 17.5 Å². The van der Waals surface area contributed by atoms with E-state index in [2.05, 4.69) is 32.9 Å². The summed E-state index contributed by atoms with van der Waals surface area (Å²) in [6.45, 7) is 1.67. The largest absolute Gasteiger partial charge is 0.352 e. The fourth-order valence-corrected chi connectivity index (χ4v) is 2.90. The molecule has 1 N–H and O–H groups in total. The first-order valence-electron chi connectivity index (χ1n) is 5.73. The Morgan fingerprint density at radius 1 is 1.50 bits per heavy atom. The Balaban J connectivity index is 1.62. The molecule has 2 aromatic rings. The maximum absolute atomic E-state index is 11.7. The highest BCUT2D eigenvalue weighted by molar-refractivity contribution is 14.1. The molecule has 96 valence electrons. The molecular weight excluding hydrogens is 361 g/mol. The third-order valence-corrected chi connectivity index (χ3v) is 4.31. The van der Waals surface area contributed by atoms with Crippen LogP contribution in [-0.4, -0.2) is 22.0 Å². The van der Waals surface area contributed by atoms with E-state index in [1.165, 1.54) is 0 Å². The molecule has 0 fully saturated rings. The second kappa shape index (κ2) is 6.89. The van der Waals surface area contributed by atoms with Crippen molar-refractivity contribution in [2.24, 2.45) is 0 Å². The van der Waals surface area contributed by atoms with Gasteiger partial charge in [0, 0.05) is 30.9 Å². The number of amides is 1. The van der Waals surface area contributed by atoms with E-state index in [1.807, 2.05) is 28.5 Å². The fourth-order valence-electron chi connectivity index (χ4n) is 1.57. The molecule has 0 saturated heterocycles. The minimum atomic E-state index is 0.0248. The standard InChI is InChI=1S/C12H14IN3OS/c13-11-7-10(8-18-11)12(17)15-3-1-2-5-16-6-4-14-9-16/h4,6-9H,1-3,5H2,(H,15,17). The van der Waals surface area contributed by atoms with Crippen molar-refractivity contribution in [2.45, 2.75) is 19.4 Å². The summed E-state index contributed by atoms with van der Waals surface area (Å²) < 4.78 is 3.18. The number of nitrogens with zero attached hydrogens (tertiary/aromatic N) is 2. The molecule has 0 bridgehead atoms. The molecule has 0 aromatic carbocycles. The monoisotopic (exact) mass is 375 g/mol. The highest BCUT2D eigenvalue weighted by atomic mass is 127. The molecule has 4 nitrogen and oxygen atoms in total. The van der Waals surface area contributed by atoms with E-state index in [0.717, 1.165) is 34.4 Å². The van der Waals surface area contributed by atoms with E-state index < -0.39 is 0 Å². The van der Waals surface area contributed by atoms with E-state index in [-0.39, 0.29) is 5.91 Å². The maximum atomic E-state index is 11.7. The maximum Gasteiger partial charge on any atom is 0.252 e. The molecule has 0 saturated carbocycles. The Kier molecular flexibility index (Phi) is 5.18. The van der Waals surface area contributed by atoms with Gasteiger partial charge in [-0.15, -0.1) is 11.3 Å². The van der Waals surface area contributed by atoms with Crippen LogP contribution in [0, 0.1) is 2.88 Å². The highest BCUT2D eigenvalue weighted by Gasteiger charge is 2.06. The van der Waals surface area contributed by atoms with Crippen LogP contribution in [0.2, 0.25) is 0 Å². The summed E-state index contributed by atoms with van der Waals surface area (Å²) in [6, 6.07) is 1.91. The average molecular weight is 375 g/mol. The van der Waals surface area contributed by atoms with Gasteiger partial charge in [0.15, 0.2) is 0 Å². The number of carbonyl (C=O) groups is 1. The first-order chi connectivity index (χ1) is 8.75. The zero-order valence-electron chi connectivity index (χ0n) is 9.80. The Labute approximate surface area is 124 Å².